The summed E-state index contributed by atoms with van der Waals surface area (Å²) in [6.07, 6.45) is 3.48. The number of hydrogen-bond acceptors (Lipinski definition) is 4. The molecule has 6 heteroatoms. The fourth-order valence-corrected chi connectivity index (χ4v) is 5.26. The lowest BCUT2D eigenvalue weighted by atomic mass is 9.87. The van der Waals surface area contributed by atoms with E-state index in [-0.39, 0.29) is 17.4 Å². The van der Waals surface area contributed by atoms with Crippen LogP contribution in [-0.4, -0.2) is 77.5 Å². The first-order valence-electron chi connectivity index (χ1n) is 11.4. The lowest BCUT2D eigenvalue weighted by molar-refractivity contribution is -0.149. The second-order valence-electron chi connectivity index (χ2n) is 9.60. The normalized spacial score (nSPS) is 26.2. The third kappa shape index (κ3) is 4.54. The molecule has 2 amide bonds. The van der Waals surface area contributed by atoms with Crippen LogP contribution < -0.4 is 0 Å². The van der Waals surface area contributed by atoms with Gasteiger partial charge < -0.3 is 14.5 Å². The summed E-state index contributed by atoms with van der Waals surface area (Å²) in [7, 11) is 0. The zero-order valence-electron chi connectivity index (χ0n) is 18.4. The van der Waals surface area contributed by atoms with Gasteiger partial charge in [-0.1, -0.05) is 44.2 Å². The predicted octanol–water partition coefficient (Wildman–Crippen LogP) is 2.53. The summed E-state index contributed by atoms with van der Waals surface area (Å²) in [6, 6.07) is 10.6. The van der Waals surface area contributed by atoms with Crippen molar-refractivity contribution in [1.29, 1.82) is 0 Å². The standard InChI is InChI=1S/C24H35N3O3/c1-19(2)14-22(28)25-11-8-21(9-12-25)27-16-23(29)26(15-20-6-4-3-5-7-20)17-24(27)10-13-30-18-24/h3-7,19,21H,8-18H2,1-2H3. The van der Waals surface area contributed by atoms with E-state index in [1.165, 1.54) is 5.56 Å². The monoisotopic (exact) mass is 413 g/mol. The Hall–Kier alpha value is -1.92. The highest BCUT2D eigenvalue weighted by Crippen LogP contribution is 2.35. The topological polar surface area (TPSA) is 53.1 Å². The van der Waals surface area contributed by atoms with Gasteiger partial charge in [0.15, 0.2) is 0 Å². The highest BCUT2D eigenvalue weighted by Gasteiger charge is 2.50. The van der Waals surface area contributed by atoms with E-state index in [0.717, 1.165) is 45.5 Å². The van der Waals surface area contributed by atoms with Gasteiger partial charge in [-0.05, 0) is 30.7 Å². The van der Waals surface area contributed by atoms with E-state index in [1.807, 2.05) is 28.0 Å². The van der Waals surface area contributed by atoms with Crippen molar-refractivity contribution < 1.29 is 14.3 Å². The maximum atomic E-state index is 13.1. The van der Waals surface area contributed by atoms with Crippen molar-refractivity contribution in [1.82, 2.24) is 14.7 Å². The molecule has 30 heavy (non-hydrogen) atoms. The summed E-state index contributed by atoms with van der Waals surface area (Å²) in [5, 5.41) is 0. The molecule has 3 heterocycles. The molecule has 164 valence electrons. The SMILES string of the molecule is CC(C)CC(=O)N1CCC(N2CC(=O)N(Cc3ccccc3)CC23CCOC3)CC1. The van der Waals surface area contributed by atoms with Crippen molar-refractivity contribution in [3.8, 4) is 0 Å². The number of hydrogen-bond donors (Lipinski definition) is 0. The van der Waals surface area contributed by atoms with Crippen LogP contribution in [0.15, 0.2) is 30.3 Å². The number of piperazine rings is 1. The summed E-state index contributed by atoms with van der Waals surface area (Å²) in [5.74, 6) is 0.866. The Morgan fingerprint density at radius 3 is 2.57 bits per heavy atom. The van der Waals surface area contributed by atoms with Crippen LogP contribution in [0.3, 0.4) is 0 Å². The molecule has 6 nitrogen and oxygen atoms in total. The molecule has 1 unspecified atom stereocenters. The van der Waals surface area contributed by atoms with Gasteiger partial charge in [-0.2, -0.15) is 0 Å². The fraction of sp³-hybridized carbons (Fsp3) is 0.667. The lowest BCUT2D eigenvalue weighted by Crippen LogP contribution is -2.68. The van der Waals surface area contributed by atoms with Gasteiger partial charge in [0.2, 0.25) is 11.8 Å². The molecule has 3 aliphatic heterocycles. The minimum Gasteiger partial charge on any atom is -0.379 e. The molecule has 1 aromatic carbocycles. The minimum absolute atomic E-state index is 0.0858. The first kappa shape index (κ1) is 21.3. The Balaban J connectivity index is 1.43. The zero-order valence-corrected chi connectivity index (χ0v) is 18.4. The van der Waals surface area contributed by atoms with Crippen molar-refractivity contribution in [3.05, 3.63) is 35.9 Å². The molecule has 1 atom stereocenters. The highest BCUT2D eigenvalue weighted by atomic mass is 16.5. The zero-order chi connectivity index (χ0) is 21.1. The van der Waals surface area contributed by atoms with E-state index in [2.05, 4.69) is 30.9 Å². The summed E-state index contributed by atoms with van der Waals surface area (Å²) >= 11 is 0. The van der Waals surface area contributed by atoms with E-state index < -0.39 is 0 Å². The van der Waals surface area contributed by atoms with Gasteiger partial charge in [0.05, 0.1) is 18.7 Å². The summed E-state index contributed by atoms with van der Waals surface area (Å²) < 4.78 is 5.85. The number of ether oxygens (including phenoxy) is 1. The number of carbonyl (C=O) groups is 2. The van der Waals surface area contributed by atoms with Gasteiger partial charge in [0.25, 0.3) is 0 Å². The molecular formula is C24H35N3O3. The van der Waals surface area contributed by atoms with Gasteiger partial charge in [0.1, 0.15) is 0 Å². The Morgan fingerprint density at radius 1 is 1.20 bits per heavy atom. The molecule has 1 aromatic rings. The number of rotatable bonds is 5. The van der Waals surface area contributed by atoms with Gasteiger partial charge in [-0.3, -0.25) is 14.5 Å². The average Bonchev–Trinajstić information content (AvgIpc) is 3.20. The van der Waals surface area contributed by atoms with Crippen LogP contribution in [0.25, 0.3) is 0 Å². The number of nitrogens with zero attached hydrogens (tertiary/aromatic N) is 3. The molecule has 0 saturated carbocycles. The van der Waals surface area contributed by atoms with Crippen LogP contribution in [0.2, 0.25) is 0 Å². The maximum absolute atomic E-state index is 13.1. The average molecular weight is 414 g/mol. The second-order valence-corrected chi connectivity index (χ2v) is 9.60. The Labute approximate surface area is 180 Å². The smallest absolute Gasteiger partial charge is 0.237 e. The van der Waals surface area contributed by atoms with Crippen molar-refractivity contribution in [2.24, 2.45) is 5.92 Å². The fourth-order valence-electron chi connectivity index (χ4n) is 5.26. The quantitative estimate of drug-likeness (QED) is 0.744. The summed E-state index contributed by atoms with van der Waals surface area (Å²) in [6.45, 7) is 9.08. The molecule has 0 bridgehead atoms. The van der Waals surface area contributed by atoms with Gasteiger partial charge in [-0.15, -0.1) is 0 Å². The Bertz CT molecular complexity index is 737. The van der Waals surface area contributed by atoms with Crippen molar-refractivity contribution in [2.75, 3.05) is 39.4 Å². The number of amides is 2. The number of likely N-dealkylation sites (tertiary alicyclic amines) is 1. The molecule has 3 saturated heterocycles. The maximum Gasteiger partial charge on any atom is 0.237 e. The van der Waals surface area contributed by atoms with E-state index in [9.17, 15) is 9.59 Å². The lowest BCUT2D eigenvalue weighted by Gasteiger charge is -2.52. The van der Waals surface area contributed by atoms with Crippen molar-refractivity contribution in [3.63, 3.8) is 0 Å². The first-order valence-corrected chi connectivity index (χ1v) is 11.4. The third-order valence-corrected chi connectivity index (χ3v) is 6.89. The van der Waals surface area contributed by atoms with Crippen LogP contribution in [-0.2, 0) is 20.9 Å². The molecule has 0 aromatic heterocycles. The Kier molecular flexibility index (Phi) is 6.44. The molecule has 0 radical (unpaired) electrons. The molecule has 0 aliphatic carbocycles. The summed E-state index contributed by atoms with van der Waals surface area (Å²) in [4.78, 5) is 32.0. The largest absolute Gasteiger partial charge is 0.379 e. The van der Waals surface area contributed by atoms with Crippen LogP contribution in [0, 0.1) is 5.92 Å². The van der Waals surface area contributed by atoms with Crippen LogP contribution >= 0.6 is 0 Å². The molecule has 0 N–H and O–H groups in total. The number of carbonyl (C=O) groups excluding carboxylic acids is 2. The number of benzene rings is 1. The predicted molar refractivity (Wildman–Crippen MR) is 116 cm³/mol. The third-order valence-electron chi connectivity index (χ3n) is 6.89. The van der Waals surface area contributed by atoms with Crippen LogP contribution in [0.5, 0.6) is 0 Å². The van der Waals surface area contributed by atoms with Crippen LogP contribution in [0.1, 0.15) is 45.1 Å². The second kappa shape index (κ2) is 9.06. The summed E-state index contributed by atoms with van der Waals surface area (Å²) in [5.41, 5.74) is 1.09. The first-order chi connectivity index (χ1) is 14.5. The van der Waals surface area contributed by atoms with Crippen LogP contribution in [0.4, 0.5) is 0 Å². The molecular weight excluding hydrogens is 378 g/mol. The molecule has 3 fully saturated rings. The van der Waals surface area contributed by atoms with E-state index >= 15 is 0 Å². The van der Waals surface area contributed by atoms with E-state index in [1.54, 1.807) is 0 Å². The number of piperidine rings is 1. The van der Waals surface area contributed by atoms with Gasteiger partial charge in [-0.25, -0.2) is 0 Å². The highest BCUT2D eigenvalue weighted by molar-refractivity contribution is 5.79. The molecule has 3 aliphatic rings. The van der Waals surface area contributed by atoms with E-state index in [0.29, 0.717) is 38.1 Å². The molecule has 4 rings (SSSR count). The minimum atomic E-state index is -0.0858. The van der Waals surface area contributed by atoms with Gasteiger partial charge >= 0.3 is 0 Å². The Morgan fingerprint density at radius 2 is 1.93 bits per heavy atom. The van der Waals surface area contributed by atoms with Crippen molar-refractivity contribution >= 4 is 11.8 Å². The van der Waals surface area contributed by atoms with Gasteiger partial charge in [0, 0.05) is 45.2 Å². The van der Waals surface area contributed by atoms with E-state index in [4.69, 9.17) is 4.74 Å². The molecule has 1 spiro atoms. The van der Waals surface area contributed by atoms with Crippen molar-refractivity contribution in [2.45, 2.75) is 57.7 Å².